The number of benzene rings is 2. The number of nitrogens with zero attached hydrogens (tertiary/aromatic N) is 3. The first-order valence-electron chi connectivity index (χ1n) is 8.54. The first kappa shape index (κ1) is 19.5. The Hall–Kier alpha value is -2.31. The minimum absolute atomic E-state index is 0.143. The van der Waals surface area contributed by atoms with Crippen LogP contribution in [-0.2, 0) is 9.53 Å². The Kier molecular flexibility index (Phi) is 6.19. The van der Waals surface area contributed by atoms with Crippen LogP contribution in [0.2, 0.25) is 5.02 Å². The van der Waals surface area contributed by atoms with Gasteiger partial charge in [-0.3, -0.25) is 9.36 Å². The van der Waals surface area contributed by atoms with Crippen molar-refractivity contribution in [2.24, 2.45) is 0 Å². The molecule has 1 heterocycles. The Morgan fingerprint density at radius 2 is 1.93 bits per heavy atom. The van der Waals surface area contributed by atoms with E-state index in [1.54, 1.807) is 0 Å². The second kappa shape index (κ2) is 8.59. The van der Waals surface area contributed by atoms with Crippen LogP contribution in [0.4, 0.5) is 0 Å². The molecule has 7 heteroatoms. The Bertz CT molecular complexity index is 939. The average molecular weight is 402 g/mol. The van der Waals surface area contributed by atoms with Crippen LogP contribution in [0.3, 0.4) is 0 Å². The zero-order valence-electron chi connectivity index (χ0n) is 15.3. The molecule has 0 aliphatic rings. The van der Waals surface area contributed by atoms with Gasteiger partial charge in [-0.2, -0.15) is 0 Å². The van der Waals surface area contributed by atoms with Crippen molar-refractivity contribution < 1.29 is 9.53 Å². The van der Waals surface area contributed by atoms with Gasteiger partial charge in [-0.25, -0.2) is 0 Å². The van der Waals surface area contributed by atoms with Gasteiger partial charge in [0.2, 0.25) is 0 Å². The molecule has 27 heavy (non-hydrogen) atoms. The first-order chi connectivity index (χ1) is 12.9. The first-order valence-corrected chi connectivity index (χ1v) is 9.91. The maximum atomic E-state index is 11.9. The van der Waals surface area contributed by atoms with Crippen molar-refractivity contribution in [3.8, 4) is 17.1 Å². The van der Waals surface area contributed by atoms with Gasteiger partial charge in [0.1, 0.15) is 0 Å². The second-order valence-corrected chi connectivity index (χ2v) is 7.69. The molecule has 0 amide bonds. The molecule has 0 saturated carbocycles. The lowest BCUT2D eigenvalue weighted by molar-refractivity contribution is -0.144. The van der Waals surface area contributed by atoms with E-state index in [-0.39, 0.29) is 17.8 Å². The van der Waals surface area contributed by atoms with Gasteiger partial charge in [-0.15, -0.1) is 10.2 Å². The van der Waals surface area contributed by atoms with Crippen molar-refractivity contribution >= 4 is 29.3 Å². The number of rotatable bonds is 6. The van der Waals surface area contributed by atoms with Crippen LogP contribution in [0.15, 0.2) is 53.7 Å². The van der Waals surface area contributed by atoms with Crippen molar-refractivity contribution in [1.29, 1.82) is 0 Å². The van der Waals surface area contributed by atoms with Crippen LogP contribution in [0.1, 0.15) is 19.4 Å². The summed E-state index contributed by atoms with van der Waals surface area (Å²) in [5, 5.41) is 9.89. The monoisotopic (exact) mass is 401 g/mol. The van der Waals surface area contributed by atoms with Gasteiger partial charge in [0, 0.05) is 16.3 Å². The smallest absolute Gasteiger partial charge is 0.316 e. The Labute approximate surface area is 167 Å². The Balaban J connectivity index is 1.98. The molecule has 0 bridgehead atoms. The van der Waals surface area contributed by atoms with E-state index in [2.05, 4.69) is 10.2 Å². The molecule has 0 aliphatic heterocycles. The fourth-order valence-electron chi connectivity index (χ4n) is 2.52. The van der Waals surface area contributed by atoms with E-state index in [0.717, 1.165) is 16.8 Å². The highest BCUT2D eigenvalue weighted by Gasteiger charge is 2.18. The summed E-state index contributed by atoms with van der Waals surface area (Å²) in [5.74, 6) is 0.552. The number of hydrogen-bond donors (Lipinski definition) is 0. The summed E-state index contributed by atoms with van der Waals surface area (Å²) < 4.78 is 7.13. The molecule has 0 fully saturated rings. The van der Waals surface area contributed by atoms with Crippen LogP contribution in [0, 0.1) is 6.92 Å². The number of thioether (sulfide) groups is 1. The van der Waals surface area contributed by atoms with Gasteiger partial charge < -0.3 is 4.74 Å². The van der Waals surface area contributed by atoms with E-state index in [9.17, 15) is 4.79 Å². The zero-order valence-corrected chi connectivity index (χ0v) is 16.9. The lowest BCUT2D eigenvalue weighted by atomic mass is 10.2. The summed E-state index contributed by atoms with van der Waals surface area (Å²) >= 11 is 7.45. The highest BCUT2D eigenvalue weighted by Crippen LogP contribution is 2.29. The lowest BCUT2D eigenvalue weighted by Crippen LogP contribution is -2.13. The average Bonchev–Trinajstić information content (AvgIpc) is 3.04. The van der Waals surface area contributed by atoms with Crippen LogP contribution >= 0.6 is 23.4 Å². The fourth-order valence-corrected chi connectivity index (χ4v) is 3.45. The predicted octanol–water partition coefficient (Wildman–Crippen LogP) is 4.94. The summed E-state index contributed by atoms with van der Waals surface area (Å²) in [6.07, 6.45) is -0.143. The number of aromatic nitrogens is 3. The summed E-state index contributed by atoms with van der Waals surface area (Å²) in [5.41, 5.74) is 2.93. The topological polar surface area (TPSA) is 57.0 Å². The van der Waals surface area contributed by atoms with Crippen molar-refractivity contribution in [1.82, 2.24) is 14.8 Å². The number of halogens is 1. The highest BCUT2D eigenvalue weighted by atomic mass is 35.5. The van der Waals surface area contributed by atoms with Gasteiger partial charge >= 0.3 is 5.97 Å². The third kappa shape index (κ3) is 4.90. The molecule has 0 N–H and O–H groups in total. The summed E-state index contributed by atoms with van der Waals surface area (Å²) in [4.78, 5) is 11.9. The standard InChI is InChI=1S/C20H20ClN3O2S/c1-13(2)26-18(25)12-27-20-23-22-19(15-5-4-6-16(21)11-15)24(20)17-9-7-14(3)8-10-17/h4-11,13H,12H2,1-3H3. The van der Waals surface area contributed by atoms with E-state index in [1.807, 2.05) is 73.9 Å². The highest BCUT2D eigenvalue weighted by molar-refractivity contribution is 7.99. The van der Waals surface area contributed by atoms with Gasteiger partial charge in [-0.05, 0) is 45.0 Å². The van der Waals surface area contributed by atoms with Crippen LogP contribution < -0.4 is 0 Å². The SMILES string of the molecule is Cc1ccc(-n2c(SCC(=O)OC(C)C)nnc2-c2cccc(Cl)c2)cc1. The predicted molar refractivity (Wildman–Crippen MR) is 108 cm³/mol. The largest absolute Gasteiger partial charge is 0.462 e. The van der Waals surface area contributed by atoms with Crippen molar-refractivity contribution in [3.05, 3.63) is 59.1 Å². The second-order valence-electron chi connectivity index (χ2n) is 6.31. The minimum Gasteiger partial charge on any atom is -0.462 e. The lowest BCUT2D eigenvalue weighted by Gasteiger charge is -2.11. The van der Waals surface area contributed by atoms with Crippen LogP contribution in [-0.4, -0.2) is 32.6 Å². The fraction of sp³-hybridized carbons (Fsp3) is 0.250. The molecule has 0 unspecified atom stereocenters. The molecular formula is C20H20ClN3O2S. The zero-order chi connectivity index (χ0) is 19.4. The molecule has 2 aromatic carbocycles. The van der Waals surface area contributed by atoms with Gasteiger partial charge in [-0.1, -0.05) is 53.2 Å². The molecule has 3 aromatic rings. The van der Waals surface area contributed by atoms with Gasteiger partial charge in [0.15, 0.2) is 11.0 Å². The maximum absolute atomic E-state index is 11.9. The molecule has 0 atom stereocenters. The van der Waals surface area contributed by atoms with Crippen LogP contribution in [0.25, 0.3) is 17.1 Å². The van der Waals surface area contributed by atoms with E-state index in [0.29, 0.717) is 16.0 Å². The third-order valence-electron chi connectivity index (χ3n) is 3.69. The minimum atomic E-state index is -0.280. The normalized spacial score (nSPS) is 11.0. The number of carbonyl (C=O) groups is 1. The summed E-state index contributed by atoms with van der Waals surface area (Å²) in [6.45, 7) is 5.69. The van der Waals surface area contributed by atoms with Gasteiger partial charge in [0.25, 0.3) is 0 Å². The number of ether oxygens (including phenoxy) is 1. The molecule has 3 rings (SSSR count). The van der Waals surface area contributed by atoms with E-state index in [1.165, 1.54) is 11.8 Å². The van der Waals surface area contributed by atoms with E-state index in [4.69, 9.17) is 16.3 Å². The molecule has 1 aromatic heterocycles. The quantitative estimate of drug-likeness (QED) is 0.432. The van der Waals surface area contributed by atoms with Crippen molar-refractivity contribution in [2.75, 3.05) is 5.75 Å². The molecule has 5 nitrogen and oxygen atoms in total. The molecule has 0 radical (unpaired) electrons. The number of hydrogen-bond acceptors (Lipinski definition) is 5. The molecule has 0 spiro atoms. The maximum Gasteiger partial charge on any atom is 0.316 e. The third-order valence-corrected chi connectivity index (χ3v) is 4.83. The number of esters is 1. The molecular weight excluding hydrogens is 382 g/mol. The van der Waals surface area contributed by atoms with E-state index >= 15 is 0 Å². The van der Waals surface area contributed by atoms with E-state index < -0.39 is 0 Å². The molecule has 0 aliphatic carbocycles. The number of carbonyl (C=O) groups excluding carboxylic acids is 1. The molecule has 0 saturated heterocycles. The molecule has 140 valence electrons. The van der Waals surface area contributed by atoms with Crippen LogP contribution in [0.5, 0.6) is 0 Å². The van der Waals surface area contributed by atoms with Crippen molar-refractivity contribution in [2.45, 2.75) is 32.0 Å². The number of aryl methyl sites for hydroxylation is 1. The Morgan fingerprint density at radius 3 is 2.59 bits per heavy atom. The summed E-state index contributed by atoms with van der Waals surface area (Å²) in [6, 6.07) is 15.5. The van der Waals surface area contributed by atoms with Crippen molar-refractivity contribution in [3.63, 3.8) is 0 Å². The Morgan fingerprint density at radius 1 is 1.19 bits per heavy atom. The summed E-state index contributed by atoms with van der Waals surface area (Å²) in [7, 11) is 0. The van der Waals surface area contributed by atoms with Gasteiger partial charge in [0.05, 0.1) is 11.9 Å².